The van der Waals surface area contributed by atoms with Crippen molar-refractivity contribution in [3.05, 3.63) is 59.2 Å². The lowest BCUT2D eigenvalue weighted by Crippen LogP contribution is -1.91. The van der Waals surface area contributed by atoms with Gasteiger partial charge in [0.1, 0.15) is 0 Å². The van der Waals surface area contributed by atoms with E-state index in [9.17, 15) is 0 Å². The second kappa shape index (κ2) is 6.07. The molecular formula is C18H20. The molecule has 1 aromatic carbocycles. The highest BCUT2D eigenvalue weighted by Gasteiger charge is 2.06. The Morgan fingerprint density at radius 2 is 2.00 bits per heavy atom. The maximum atomic E-state index is 5.64. The summed E-state index contributed by atoms with van der Waals surface area (Å²) in [6.07, 6.45) is 9.69. The minimum atomic E-state index is 0.957. The fourth-order valence-corrected chi connectivity index (χ4v) is 1.95. The van der Waals surface area contributed by atoms with E-state index in [0.29, 0.717) is 0 Å². The Hall–Kier alpha value is -2.00. The van der Waals surface area contributed by atoms with Crippen LogP contribution in [-0.4, -0.2) is 0 Å². The first-order valence-electron chi connectivity index (χ1n) is 6.08. The normalized spacial score (nSPS) is 12.2. The van der Waals surface area contributed by atoms with E-state index in [1.54, 1.807) is 0 Å². The van der Waals surface area contributed by atoms with Crippen molar-refractivity contribution >= 4 is 11.1 Å². The molecule has 1 aromatic rings. The summed E-state index contributed by atoms with van der Waals surface area (Å²) >= 11 is 0. The molecule has 0 saturated heterocycles. The van der Waals surface area contributed by atoms with Crippen molar-refractivity contribution in [1.82, 2.24) is 0 Å². The third-order valence-corrected chi connectivity index (χ3v) is 2.94. The number of aryl methyl sites for hydroxylation is 1. The van der Waals surface area contributed by atoms with E-state index in [0.717, 1.165) is 27.8 Å². The number of terminal acetylenes is 1. The van der Waals surface area contributed by atoms with Crippen molar-refractivity contribution < 1.29 is 0 Å². The van der Waals surface area contributed by atoms with Gasteiger partial charge >= 0.3 is 0 Å². The van der Waals surface area contributed by atoms with Crippen molar-refractivity contribution in [2.75, 3.05) is 0 Å². The predicted molar refractivity (Wildman–Crippen MR) is 82.1 cm³/mol. The van der Waals surface area contributed by atoms with Crippen LogP contribution in [0.1, 0.15) is 37.5 Å². The van der Waals surface area contributed by atoms with Gasteiger partial charge in [-0.05, 0) is 50.0 Å². The van der Waals surface area contributed by atoms with Crippen LogP contribution in [0.15, 0.2) is 42.5 Å². The van der Waals surface area contributed by atoms with Gasteiger partial charge < -0.3 is 0 Å². The standard InChI is InChI=1S/C18H20/c1-7-9-14(5)17(8-2)18-11-10-16(13(3)4)12-15(18)6/h2,7,9-12H,3H2,1,4-6H3/b9-7-,17-14+. The zero-order chi connectivity index (χ0) is 13.7. The zero-order valence-corrected chi connectivity index (χ0v) is 11.7. The first-order chi connectivity index (χ1) is 8.51. The zero-order valence-electron chi connectivity index (χ0n) is 11.7. The molecule has 0 aliphatic carbocycles. The van der Waals surface area contributed by atoms with Gasteiger partial charge in [0.05, 0.1) is 0 Å². The minimum Gasteiger partial charge on any atom is -0.115 e. The molecule has 0 fully saturated rings. The quantitative estimate of drug-likeness (QED) is 0.511. The fourth-order valence-electron chi connectivity index (χ4n) is 1.95. The van der Waals surface area contributed by atoms with Crippen LogP contribution >= 0.6 is 0 Å². The first-order valence-corrected chi connectivity index (χ1v) is 6.08. The Morgan fingerprint density at radius 3 is 2.44 bits per heavy atom. The van der Waals surface area contributed by atoms with Crippen molar-refractivity contribution in [3.8, 4) is 12.3 Å². The first kappa shape index (κ1) is 14.1. The molecule has 0 unspecified atom stereocenters. The number of benzene rings is 1. The number of allylic oxidation sites excluding steroid dienone is 5. The summed E-state index contributed by atoms with van der Waals surface area (Å²) in [5.41, 5.74) is 6.62. The molecule has 0 aromatic heterocycles. The maximum absolute atomic E-state index is 5.64. The smallest absolute Gasteiger partial charge is 0.0346 e. The minimum absolute atomic E-state index is 0.957. The molecule has 0 bridgehead atoms. The van der Waals surface area contributed by atoms with E-state index in [-0.39, 0.29) is 0 Å². The second-order valence-corrected chi connectivity index (χ2v) is 4.51. The molecule has 0 aliphatic heterocycles. The predicted octanol–water partition coefficient (Wildman–Crippen LogP) is 5.01. The lowest BCUT2D eigenvalue weighted by molar-refractivity contribution is 1.39. The van der Waals surface area contributed by atoms with Crippen LogP contribution in [0, 0.1) is 19.3 Å². The molecule has 0 heteroatoms. The van der Waals surface area contributed by atoms with E-state index in [1.807, 2.05) is 32.9 Å². The number of rotatable bonds is 3. The van der Waals surface area contributed by atoms with Gasteiger partial charge in [-0.1, -0.05) is 48.4 Å². The highest BCUT2D eigenvalue weighted by atomic mass is 14.1. The van der Waals surface area contributed by atoms with E-state index < -0.39 is 0 Å². The van der Waals surface area contributed by atoms with Gasteiger partial charge in [0.2, 0.25) is 0 Å². The lowest BCUT2D eigenvalue weighted by Gasteiger charge is -2.10. The molecule has 18 heavy (non-hydrogen) atoms. The summed E-state index contributed by atoms with van der Waals surface area (Å²) in [5.74, 6) is 2.80. The third kappa shape index (κ3) is 3.02. The average molecular weight is 236 g/mol. The van der Waals surface area contributed by atoms with Gasteiger partial charge in [-0.2, -0.15) is 0 Å². The molecule has 92 valence electrons. The summed E-state index contributed by atoms with van der Waals surface area (Å²) in [5, 5.41) is 0. The highest BCUT2D eigenvalue weighted by Crippen LogP contribution is 2.25. The van der Waals surface area contributed by atoms with Gasteiger partial charge in [0, 0.05) is 5.57 Å². The van der Waals surface area contributed by atoms with Crippen LogP contribution in [0.5, 0.6) is 0 Å². The number of hydrogen-bond donors (Lipinski definition) is 0. The van der Waals surface area contributed by atoms with Crippen LogP contribution in [-0.2, 0) is 0 Å². The molecule has 0 radical (unpaired) electrons. The van der Waals surface area contributed by atoms with Crippen LogP contribution in [0.2, 0.25) is 0 Å². The highest BCUT2D eigenvalue weighted by molar-refractivity contribution is 5.84. The average Bonchev–Trinajstić information content (AvgIpc) is 2.32. The molecule has 0 amide bonds. The molecule has 0 aliphatic rings. The largest absolute Gasteiger partial charge is 0.115 e. The Labute approximate surface area is 111 Å². The Balaban J connectivity index is 3.38. The van der Waals surface area contributed by atoms with Crippen LogP contribution in [0.3, 0.4) is 0 Å². The monoisotopic (exact) mass is 236 g/mol. The van der Waals surface area contributed by atoms with Gasteiger partial charge in [-0.15, -0.1) is 6.42 Å². The number of hydrogen-bond acceptors (Lipinski definition) is 0. The van der Waals surface area contributed by atoms with Gasteiger partial charge in [0.15, 0.2) is 0 Å². The fraction of sp³-hybridized carbons (Fsp3) is 0.222. The molecule has 0 atom stereocenters. The maximum Gasteiger partial charge on any atom is 0.0346 e. The molecular weight excluding hydrogens is 216 g/mol. The Kier molecular flexibility index (Phi) is 4.75. The summed E-state index contributed by atoms with van der Waals surface area (Å²) in [4.78, 5) is 0. The summed E-state index contributed by atoms with van der Waals surface area (Å²) in [6.45, 7) is 12.1. The molecule has 0 N–H and O–H groups in total. The van der Waals surface area contributed by atoms with Crippen molar-refractivity contribution in [1.29, 1.82) is 0 Å². The molecule has 0 saturated carbocycles. The van der Waals surface area contributed by atoms with Crippen molar-refractivity contribution in [2.24, 2.45) is 0 Å². The van der Waals surface area contributed by atoms with Crippen LogP contribution in [0.25, 0.3) is 11.1 Å². The SMILES string of the molecule is C#C/C(=C(C)\C=C/C)c1ccc(C(=C)C)cc1C. The van der Waals surface area contributed by atoms with Gasteiger partial charge in [0.25, 0.3) is 0 Å². The summed E-state index contributed by atoms with van der Waals surface area (Å²) in [7, 11) is 0. The Bertz CT molecular complexity index is 560. The molecule has 0 spiro atoms. The Morgan fingerprint density at radius 1 is 1.33 bits per heavy atom. The van der Waals surface area contributed by atoms with E-state index >= 15 is 0 Å². The summed E-state index contributed by atoms with van der Waals surface area (Å²) in [6, 6.07) is 6.30. The van der Waals surface area contributed by atoms with Gasteiger partial charge in [-0.25, -0.2) is 0 Å². The molecule has 1 rings (SSSR count). The van der Waals surface area contributed by atoms with Crippen LogP contribution in [0.4, 0.5) is 0 Å². The molecule has 0 nitrogen and oxygen atoms in total. The van der Waals surface area contributed by atoms with E-state index in [1.165, 1.54) is 5.56 Å². The topological polar surface area (TPSA) is 0 Å². The van der Waals surface area contributed by atoms with Gasteiger partial charge in [-0.3, -0.25) is 0 Å². The van der Waals surface area contributed by atoms with Crippen molar-refractivity contribution in [3.63, 3.8) is 0 Å². The van der Waals surface area contributed by atoms with E-state index in [4.69, 9.17) is 6.42 Å². The summed E-state index contributed by atoms with van der Waals surface area (Å²) < 4.78 is 0. The lowest BCUT2D eigenvalue weighted by atomic mass is 9.94. The van der Waals surface area contributed by atoms with Crippen molar-refractivity contribution in [2.45, 2.75) is 27.7 Å². The molecule has 0 heterocycles. The second-order valence-electron chi connectivity index (χ2n) is 4.51. The third-order valence-electron chi connectivity index (χ3n) is 2.94. The van der Waals surface area contributed by atoms with Crippen LogP contribution < -0.4 is 0 Å². The van der Waals surface area contributed by atoms with E-state index in [2.05, 4.69) is 37.6 Å².